The van der Waals surface area contributed by atoms with E-state index in [4.69, 9.17) is 23.1 Å². The molecular formula is C22H23ClF3N5. The second kappa shape index (κ2) is 10.7. The van der Waals surface area contributed by atoms with Gasteiger partial charge in [0.05, 0.1) is 22.0 Å². The Morgan fingerprint density at radius 1 is 1.13 bits per heavy atom. The number of halogens is 4. The number of nitrogens with two attached hydrogens (primary N) is 2. The summed E-state index contributed by atoms with van der Waals surface area (Å²) in [4.78, 5) is 8.03. The van der Waals surface area contributed by atoms with Gasteiger partial charge in [0.1, 0.15) is 5.82 Å². The van der Waals surface area contributed by atoms with Gasteiger partial charge in [-0.25, -0.2) is 4.98 Å². The minimum Gasteiger partial charge on any atom is -0.403 e. The molecule has 5 nitrogen and oxygen atoms in total. The van der Waals surface area contributed by atoms with Crippen LogP contribution in [0.15, 0.2) is 61.1 Å². The molecule has 31 heavy (non-hydrogen) atoms. The van der Waals surface area contributed by atoms with Crippen LogP contribution in [0.5, 0.6) is 0 Å². The standard InChI is InChI=1S/C20H17ClF3N5.C2H6/c21-15-2-1-7-27-17(15)9-12-3-5-14(16(26)8-12)18(10-25)29-19-6-4-13(11-28-19)20(22,23)24;1-2/h1-8,10-11H,9,25-26H2,(H,28,29);1-2H3/b18-10+;. The predicted molar refractivity (Wildman–Crippen MR) is 119 cm³/mol. The molecule has 0 aliphatic heterocycles. The van der Waals surface area contributed by atoms with Crippen molar-refractivity contribution >= 4 is 28.8 Å². The number of rotatable bonds is 5. The van der Waals surface area contributed by atoms with Crippen molar-refractivity contribution in [1.29, 1.82) is 0 Å². The first-order chi connectivity index (χ1) is 14.8. The number of anilines is 2. The maximum Gasteiger partial charge on any atom is 0.417 e. The van der Waals surface area contributed by atoms with E-state index in [1.54, 1.807) is 30.5 Å². The number of nitrogen functional groups attached to an aromatic ring is 1. The lowest BCUT2D eigenvalue weighted by molar-refractivity contribution is -0.137. The minimum absolute atomic E-state index is 0.207. The summed E-state index contributed by atoms with van der Waals surface area (Å²) in [5.74, 6) is 0.207. The average Bonchev–Trinajstić information content (AvgIpc) is 2.75. The van der Waals surface area contributed by atoms with Crippen molar-refractivity contribution < 1.29 is 13.2 Å². The Morgan fingerprint density at radius 3 is 2.42 bits per heavy atom. The van der Waals surface area contributed by atoms with Crippen LogP contribution in [-0.2, 0) is 12.6 Å². The van der Waals surface area contributed by atoms with Gasteiger partial charge in [-0.15, -0.1) is 0 Å². The molecule has 9 heteroatoms. The Morgan fingerprint density at radius 2 is 1.87 bits per heavy atom. The highest BCUT2D eigenvalue weighted by molar-refractivity contribution is 6.31. The lowest BCUT2D eigenvalue weighted by Gasteiger charge is -2.14. The molecule has 0 bridgehead atoms. The first-order valence-electron chi connectivity index (χ1n) is 9.48. The van der Waals surface area contributed by atoms with E-state index in [1.807, 2.05) is 19.9 Å². The fraction of sp³-hybridized carbons (Fsp3) is 0.182. The Balaban J connectivity index is 0.00000166. The fourth-order valence-electron chi connectivity index (χ4n) is 2.68. The van der Waals surface area contributed by atoms with Crippen molar-refractivity contribution in [3.8, 4) is 0 Å². The summed E-state index contributed by atoms with van der Waals surface area (Å²) in [5.41, 5.74) is 14.1. The third-order valence-corrected chi connectivity index (χ3v) is 4.48. The summed E-state index contributed by atoms with van der Waals surface area (Å²) < 4.78 is 38.0. The Kier molecular flexibility index (Phi) is 8.27. The Bertz CT molecular complexity index is 1030. The van der Waals surface area contributed by atoms with Gasteiger partial charge in [0.15, 0.2) is 0 Å². The van der Waals surface area contributed by atoms with Crippen molar-refractivity contribution in [3.05, 3.63) is 88.5 Å². The third kappa shape index (κ3) is 6.36. The van der Waals surface area contributed by atoms with E-state index in [9.17, 15) is 13.2 Å². The number of hydrogen-bond acceptors (Lipinski definition) is 5. The van der Waals surface area contributed by atoms with Gasteiger partial charge in [0, 0.05) is 36.3 Å². The summed E-state index contributed by atoms with van der Waals surface area (Å²) >= 11 is 6.14. The molecular weight excluding hydrogens is 427 g/mol. The van der Waals surface area contributed by atoms with Crippen molar-refractivity contribution in [2.45, 2.75) is 26.4 Å². The molecule has 0 unspecified atom stereocenters. The van der Waals surface area contributed by atoms with Crippen molar-refractivity contribution in [2.75, 3.05) is 11.1 Å². The number of alkyl halides is 3. The second-order valence-corrected chi connectivity index (χ2v) is 6.57. The maximum absolute atomic E-state index is 12.7. The molecule has 1 aromatic carbocycles. The van der Waals surface area contributed by atoms with E-state index in [0.29, 0.717) is 28.4 Å². The molecule has 0 amide bonds. The first-order valence-corrected chi connectivity index (χ1v) is 9.86. The Hall–Kier alpha value is -3.26. The smallest absolute Gasteiger partial charge is 0.403 e. The van der Waals surface area contributed by atoms with Gasteiger partial charge in [0.2, 0.25) is 0 Å². The highest BCUT2D eigenvalue weighted by atomic mass is 35.5. The van der Waals surface area contributed by atoms with Gasteiger partial charge in [-0.1, -0.05) is 37.6 Å². The summed E-state index contributed by atoms with van der Waals surface area (Å²) in [5, 5.41) is 3.45. The zero-order valence-electron chi connectivity index (χ0n) is 17.0. The zero-order chi connectivity index (χ0) is 23.0. The van der Waals surface area contributed by atoms with Crippen LogP contribution < -0.4 is 16.8 Å². The van der Waals surface area contributed by atoms with Crippen LogP contribution >= 0.6 is 11.6 Å². The molecule has 0 fully saturated rings. The predicted octanol–water partition coefficient (Wildman–Crippen LogP) is 5.72. The lowest BCUT2D eigenvalue weighted by atomic mass is 10.0. The monoisotopic (exact) mass is 449 g/mol. The number of benzene rings is 1. The normalized spacial score (nSPS) is 11.5. The maximum atomic E-state index is 12.7. The number of nitrogens with zero attached hydrogens (tertiary/aromatic N) is 2. The molecule has 5 N–H and O–H groups in total. The van der Waals surface area contributed by atoms with Crippen LogP contribution in [0.2, 0.25) is 5.02 Å². The quantitative estimate of drug-likeness (QED) is 0.433. The number of pyridine rings is 2. The molecule has 2 heterocycles. The topological polar surface area (TPSA) is 89.8 Å². The van der Waals surface area contributed by atoms with Crippen LogP contribution in [0.1, 0.15) is 36.2 Å². The SMILES string of the molecule is CC.N/C=C(/Nc1ccc(C(F)(F)F)cn1)c1ccc(Cc2ncccc2Cl)cc1N. The molecule has 0 aliphatic rings. The largest absolute Gasteiger partial charge is 0.417 e. The number of aromatic nitrogens is 2. The summed E-state index contributed by atoms with van der Waals surface area (Å²) in [6, 6.07) is 11.1. The van der Waals surface area contributed by atoms with E-state index in [1.165, 1.54) is 12.3 Å². The van der Waals surface area contributed by atoms with E-state index in [2.05, 4.69) is 15.3 Å². The molecule has 0 aliphatic carbocycles. The lowest BCUT2D eigenvalue weighted by Crippen LogP contribution is -2.08. The van der Waals surface area contributed by atoms with E-state index >= 15 is 0 Å². The molecule has 0 radical (unpaired) electrons. The van der Waals surface area contributed by atoms with Crippen molar-refractivity contribution in [2.24, 2.45) is 5.73 Å². The molecule has 3 rings (SSSR count). The van der Waals surface area contributed by atoms with Crippen LogP contribution in [0.25, 0.3) is 5.70 Å². The highest BCUT2D eigenvalue weighted by Gasteiger charge is 2.30. The van der Waals surface area contributed by atoms with Crippen LogP contribution in [0.4, 0.5) is 24.7 Å². The van der Waals surface area contributed by atoms with E-state index < -0.39 is 11.7 Å². The van der Waals surface area contributed by atoms with Gasteiger partial charge >= 0.3 is 6.18 Å². The van der Waals surface area contributed by atoms with Gasteiger partial charge in [-0.3, -0.25) is 4.98 Å². The summed E-state index contributed by atoms with van der Waals surface area (Å²) in [6.45, 7) is 4.00. The van der Waals surface area contributed by atoms with E-state index in [-0.39, 0.29) is 5.82 Å². The second-order valence-electron chi connectivity index (χ2n) is 6.17. The number of nitrogens with one attached hydrogen (secondary N) is 1. The summed E-state index contributed by atoms with van der Waals surface area (Å²) in [7, 11) is 0. The zero-order valence-corrected chi connectivity index (χ0v) is 17.8. The summed E-state index contributed by atoms with van der Waals surface area (Å²) in [6.07, 6.45) is -0.260. The molecule has 164 valence electrons. The Labute approximate surface area is 184 Å². The molecule has 0 saturated carbocycles. The molecule has 2 aromatic heterocycles. The van der Waals surface area contributed by atoms with Gasteiger partial charge < -0.3 is 16.8 Å². The number of hydrogen-bond donors (Lipinski definition) is 3. The van der Waals surface area contributed by atoms with Crippen LogP contribution in [0.3, 0.4) is 0 Å². The average molecular weight is 450 g/mol. The highest BCUT2D eigenvalue weighted by Crippen LogP contribution is 2.30. The molecule has 0 spiro atoms. The van der Waals surface area contributed by atoms with Gasteiger partial charge in [-0.05, 0) is 35.9 Å². The third-order valence-electron chi connectivity index (χ3n) is 4.13. The van der Waals surface area contributed by atoms with Gasteiger partial charge in [0.25, 0.3) is 0 Å². The van der Waals surface area contributed by atoms with Crippen LogP contribution in [-0.4, -0.2) is 9.97 Å². The molecule has 3 aromatic rings. The molecule has 0 saturated heterocycles. The minimum atomic E-state index is -4.45. The van der Waals surface area contributed by atoms with Crippen LogP contribution in [0, 0.1) is 0 Å². The first kappa shape index (κ1) is 24.0. The van der Waals surface area contributed by atoms with Crippen molar-refractivity contribution in [3.63, 3.8) is 0 Å². The van der Waals surface area contributed by atoms with Gasteiger partial charge in [-0.2, -0.15) is 13.2 Å². The fourth-order valence-corrected chi connectivity index (χ4v) is 2.87. The van der Waals surface area contributed by atoms with Crippen molar-refractivity contribution in [1.82, 2.24) is 9.97 Å². The van der Waals surface area contributed by atoms with E-state index in [0.717, 1.165) is 23.5 Å². The molecule has 0 atom stereocenters.